The highest BCUT2D eigenvalue weighted by molar-refractivity contribution is 5.87. The van der Waals surface area contributed by atoms with E-state index in [0.29, 0.717) is 11.5 Å². The van der Waals surface area contributed by atoms with Crippen LogP contribution >= 0.6 is 0 Å². The van der Waals surface area contributed by atoms with E-state index in [9.17, 15) is 0 Å². The van der Waals surface area contributed by atoms with E-state index in [-0.39, 0.29) is 6.04 Å². The standard InChI is InChI=1S/C19H17N5/c1-12(14-7-6-13-4-2-3-5-15(13)10-14)23-18-16-8-9-17(20)24-19(16)22-11-21-18/h2-12H,1H3,(H3,20,21,22,23,24)/t12-/m0/s1. The molecule has 0 unspecified atom stereocenters. The lowest BCUT2D eigenvalue weighted by Crippen LogP contribution is -2.09. The fraction of sp³-hybridized carbons (Fsp3) is 0.105. The third kappa shape index (κ3) is 2.60. The molecule has 0 saturated heterocycles. The lowest BCUT2D eigenvalue weighted by Gasteiger charge is -2.16. The Hall–Kier alpha value is -3.21. The molecule has 1 atom stereocenters. The fourth-order valence-corrected chi connectivity index (χ4v) is 2.84. The lowest BCUT2D eigenvalue weighted by molar-refractivity contribution is 0.877. The van der Waals surface area contributed by atoms with Gasteiger partial charge in [0, 0.05) is 6.04 Å². The zero-order chi connectivity index (χ0) is 16.5. The summed E-state index contributed by atoms with van der Waals surface area (Å²) in [5.74, 6) is 1.21. The van der Waals surface area contributed by atoms with Gasteiger partial charge in [-0.1, -0.05) is 36.4 Å². The van der Waals surface area contributed by atoms with Gasteiger partial charge in [0.15, 0.2) is 5.65 Å². The predicted molar refractivity (Wildman–Crippen MR) is 97.7 cm³/mol. The zero-order valence-electron chi connectivity index (χ0n) is 13.3. The second kappa shape index (κ2) is 5.77. The van der Waals surface area contributed by atoms with Gasteiger partial charge in [-0.05, 0) is 41.5 Å². The molecule has 4 rings (SSSR count). The summed E-state index contributed by atoms with van der Waals surface area (Å²) in [7, 11) is 0. The minimum atomic E-state index is 0.102. The molecule has 0 spiro atoms. The first-order valence-corrected chi connectivity index (χ1v) is 7.83. The Morgan fingerprint density at radius 2 is 1.79 bits per heavy atom. The number of hydrogen-bond acceptors (Lipinski definition) is 5. The molecule has 2 aromatic carbocycles. The predicted octanol–water partition coefficient (Wildman–Crippen LogP) is 3.93. The Morgan fingerprint density at radius 1 is 0.958 bits per heavy atom. The van der Waals surface area contributed by atoms with Crippen LogP contribution < -0.4 is 11.1 Å². The van der Waals surface area contributed by atoms with Gasteiger partial charge in [0.25, 0.3) is 0 Å². The Kier molecular flexibility index (Phi) is 3.46. The maximum absolute atomic E-state index is 5.73. The average Bonchev–Trinajstić information content (AvgIpc) is 2.61. The number of nitrogen functional groups attached to an aromatic ring is 1. The van der Waals surface area contributed by atoms with E-state index in [1.54, 1.807) is 6.07 Å². The second-order valence-corrected chi connectivity index (χ2v) is 5.80. The topological polar surface area (TPSA) is 76.7 Å². The van der Waals surface area contributed by atoms with Gasteiger partial charge in [0.1, 0.15) is 18.0 Å². The van der Waals surface area contributed by atoms with Crippen molar-refractivity contribution in [3.8, 4) is 0 Å². The molecule has 5 nitrogen and oxygen atoms in total. The van der Waals surface area contributed by atoms with Crippen molar-refractivity contribution in [2.45, 2.75) is 13.0 Å². The van der Waals surface area contributed by atoms with E-state index in [2.05, 4.69) is 69.7 Å². The SMILES string of the molecule is C[C@H](Nc1ncnc2nc(N)ccc12)c1ccc2ccccc2c1. The smallest absolute Gasteiger partial charge is 0.166 e. The van der Waals surface area contributed by atoms with Crippen molar-refractivity contribution in [2.24, 2.45) is 0 Å². The third-order valence-electron chi connectivity index (χ3n) is 4.15. The summed E-state index contributed by atoms with van der Waals surface area (Å²) in [6.07, 6.45) is 1.50. The number of pyridine rings is 1. The summed E-state index contributed by atoms with van der Waals surface area (Å²) in [6, 6.07) is 18.6. The van der Waals surface area contributed by atoms with Crippen LogP contribution in [0.3, 0.4) is 0 Å². The Labute approximate surface area is 139 Å². The molecule has 0 fully saturated rings. The third-order valence-corrected chi connectivity index (χ3v) is 4.15. The molecular weight excluding hydrogens is 298 g/mol. The van der Waals surface area contributed by atoms with Crippen LogP contribution in [0.2, 0.25) is 0 Å². The van der Waals surface area contributed by atoms with Crippen molar-refractivity contribution in [1.82, 2.24) is 15.0 Å². The van der Waals surface area contributed by atoms with E-state index in [1.165, 1.54) is 22.7 Å². The number of nitrogens with zero attached hydrogens (tertiary/aromatic N) is 3. The van der Waals surface area contributed by atoms with Gasteiger partial charge >= 0.3 is 0 Å². The molecule has 0 saturated carbocycles. The van der Waals surface area contributed by atoms with Crippen LogP contribution in [0.25, 0.3) is 21.8 Å². The van der Waals surface area contributed by atoms with Gasteiger partial charge in [-0.15, -0.1) is 0 Å². The molecule has 0 radical (unpaired) electrons. The lowest BCUT2D eigenvalue weighted by atomic mass is 10.0. The highest BCUT2D eigenvalue weighted by atomic mass is 15.1. The van der Waals surface area contributed by atoms with Crippen LogP contribution in [0.1, 0.15) is 18.5 Å². The molecule has 4 aromatic rings. The van der Waals surface area contributed by atoms with E-state index in [1.807, 2.05) is 6.07 Å². The number of anilines is 2. The summed E-state index contributed by atoms with van der Waals surface area (Å²) < 4.78 is 0. The van der Waals surface area contributed by atoms with E-state index >= 15 is 0 Å². The summed E-state index contributed by atoms with van der Waals surface area (Å²) in [5.41, 5.74) is 7.52. The van der Waals surface area contributed by atoms with Crippen molar-refractivity contribution in [1.29, 1.82) is 0 Å². The maximum atomic E-state index is 5.73. The van der Waals surface area contributed by atoms with Crippen molar-refractivity contribution >= 4 is 33.4 Å². The first kappa shape index (κ1) is 14.4. The molecule has 118 valence electrons. The molecular formula is C19H17N5. The van der Waals surface area contributed by atoms with Gasteiger partial charge < -0.3 is 11.1 Å². The monoisotopic (exact) mass is 315 g/mol. The number of hydrogen-bond donors (Lipinski definition) is 2. The quantitative estimate of drug-likeness (QED) is 0.599. The number of fused-ring (bicyclic) bond motifs is 2. The molecule has 5 heteroatoms. The van der Waals surface area contributed by atoms with Crippen LogP contribution in [0, 0.1) is 0 Å². The van der Waals surface area contributed by atoms with Gasteiger partial charge in [-0.2, -0.15) is 0 Å². The Balaban J connectivity index is 1.69. The number of benzene rings is 2. The van der Waals surface area contributed by atoms with Crippen LogP contribution in [0.4, 0.5) is 11.6 Å². The van der Waals surface area contributed by atoms with Gasteiger partial charge in [0.05, 0.1) is 5.39 Å². The molecule has 3 N–H and O–H groups in total. The molecule has 2 heterocycles. The molecule has 2 aromatic heterocycles. The number of nitrogens with two attached hydrogens (primary N) is 1. The average molecular weight is 315 g/mol. The van der Waals surface area contributed by atoms with Crippen molar-refractivity contribution in [2.75, 3.05) is 11.1 Å². The molecule has 0 amide bonds. The first-order valence-electron chi connectivity index (χ1n) is 7.83. The molecule has 0 aliphatic rings. The minimum Gasteiger partial charge on any atom is -0.384 e. The van der Waals surface area contributed by atoms with Crippen molar-refractivity contribution < 1.29 is 0 Å². The number of nitrogens with one attached hydrogen (secondary N) is 1. The first-order chi connectivity index (χ1) is 11.7. The highest BCUT2D eigenvalue weighted by Gasteiger charge is 2.10. The van der Waals surface area contributed by atoms with Crippen LogP contribution in [-0.2, 0) is 0 Å². The van der Waals surface area contributed by atoms with E-state index in [4.69, 9.17) is 5.73 Å². The van der Waals surface area contributed by atoms with E-state index < -0.39 is 0 Å². The summed E-state index contributed by atoms with van der Waals surface area (Å²) in [6.45, 7) is 2.11. The van der Waals surface area contributed by atoms with Gasteiger partial charge in [-0.25, -0.2) is 15.0 Å². The number of rotatable bonds is 3. The van der Waals surface area contributed by atoms with Crippen LogP contribution in [-0.4, -0.2) is 15.0 Å². The van der Waals surface area contributed by atoms with Gasteiger partial charge in [-0.3, -0.25) is 0 Å². The van der Waals surface area contributed by atoms with Crippen LogP contribution in [0.5, 0.6) is 0 Å². The second-order valence-electron chi connectivity index (χ2n) is 5.80. The fourth-order valence-electron chi connectivity index (χ4n) is 2.84. The van der Waals surface area contributed by atoms with Gasteiger partial charge in [0.2, 0.25) is 0 Å². The normalized spacial score (nSPS) is 12.4. The largest absolute Gasteiger partial charge is 0.384 e. The van der Waals surface area contributed by atoms with E-state index in [0.717, 1.165) is 11.2 Å². The maximum Gasteiger partial charge on any atom is 0.166 e. The molecule has 0 aliphatic heterocycles. The zero-order valence-corrected chi connectivity index (χ0v) is 13.3. The molecule has 24 heavy (non-hydrogen) atoms. The van der Waals surface area contributed by atoms with Crippen molar-refractivity contribution in [3.63, 3.8) is 0 Å². The molecule has 0 aliphatic carbocycles. The van der Waals surface area contributed by atoms with Crippen LogP contribution in [0.15, 0.2) is 60.9 Å². The number of aromatic nitrogens is 3. The highest BCUT2D eigenvalue weighted by Crippen LogP contribution is 2.25. The summed E-state index contributed by atoms with van der Waals surface area (Å²) >= 11 is 0. The summed E-state index contributed by atoms with van der Waals surface area (Å²) in [4.78, 5) is 12.8. The molecule has 0 bridgehead atoms. The Bertz CT molecular complexity index is 1030. The Morgan fingerprint density at radius 3 is 2.67 bits per heavy atom. The minimum absolute atomic E-state index is 0.102. The van der Waals surface area contributed by atoms with Crippen molar-refractivity contribution in [3.05, 3.63) is 66.5 Å². The summed E-state index contributed by atoms with van der Waals surface area (Å²) in [5, 5.41) is 6.78.